The predicted octanol–water partition coefficient (Wildman–Crippen LogP) is 7.22. The Hall–Kier alpha value is -2.75. The maximum absolute atomic E-state index is 2.30. The first-order chi connectivity index (χ1) is 13.7. The number of nitrogens with zero attached hydrogens (tertiary/aromatic N) is 1. The van der Waals surface area contributed by atoms with E-state index >= 15 is 0 Å². The van der Waals surface area contributed by atoms with Crippen LogP contribution in [0.2, 0.25) is 0 Å². The molecule has 0 amide bonds. The number of aryl methyl sites for hydroxylation is 2. The Balaban J connectivity index is 1.84. The number of rotatable bonds is 1. The van der Waals surface area contributed by atoms with Crippen molar-refractivity contribution >= 4 is 63.0 Å². The SMILES string of the molecule is Cc1ccccc1-c1c2sc3ccc4sc5ccccc5c4c3c2cc[n+]1C. The van der Waals surface area contributed by atoms with Crippen molar-refractivity contribution in [3.8, 4) is 11.3 Å². The molecule has 0 saturated heterocycles. The van der Waals surface area contributed by atoms with Gasteiger partial charge >= 0.3 is 0 Å². The van der Waals surface area contributed by atoms with E-state index in [1.165, 1.54) is 57.2 Å². The van der Waals surface area contributed by atoms with Gasteiger partial charge in [-0.2, -0.15) is 4.57 Å². The zero-order valence-electron chi connectivity index (χ0n) is 15.7. The number of benzene rings is 3. The van der Waals surface area contributed by atoms with Crippen molar-refractivity contribution in [2.75, 3.05) is 0 Å². The van der Waals surface area contributed by atoms with E-state index in [0.717, 1.165) is 0 Å². The molecule has 3 heterocycles. The van der Waals surface area contributed by atoms with Gasteiger partial charge in [0.05, 0.1) is 5.56 Å². The first-order valence-electron chi connectivity index (χ1n) is 9.43. The summed E-state index contributed by atoms with van der Waals surface area (Å²) in [6, 6.07) is 24.4. The highest BCUT2D eigenvalue weighted by Crippen LogP contribution is 2.45. The Kier molecular flexibility index (Phi) is 3.40. The zero-order valence-corrected chi connectivity index (χ0v) is 17.3. The Morgan fingerprint density at radius 3 is 2.25 bits per heavy atom. The standard InChI is InChI=1S/C25H18NS2/c1-15-7-3-4-8-16(15)24-25-18(13-14-26(24)2)23-21(28-25)12-11-20-22(23)17-9-5-6-10-19(17)27-20/h3-14H,1-2H3/q+1. The lowest BCUT2D eigenvalue weighted by Gasteiger charge is -2.05. The normalized spacial score (nSPS) is 11.9. The van der Waals surface area contributed by atoms with Gasteiger partial charge in [-0.3, -0.25) is 0 Å². The number of pyridine rings is 1. The fourth-order valence-corrected chi connectivity index (χ4v) is 6.75. The molecule has 0 saturated carbocycles. The van der Waals surface area contributed by atoms with Crippen LogP contribution in [0, 0.1) is 6.92 Å². The Morgan fingerprint density at radius 2 is 1.39 bits per heavy atom. The first kappa shape index (κ1) is 16.2. The molecule has 28 heavy (non-hydrogen) atoms. The molecule has 0 bridgehead atoms. The molecule has 0 unspecified atom stereocenters. The number of hydrogen-bond donors (Lipinski definition) is 0. The third kappa shape index (κ3) is 2.15. The summed E-state index contributed by atoms with van der Waals surface area (Å²) in [5.41, 5.74) is 3.94. The van der Waals surface area contributed by atoms with Crippen LogP contribution in [-0.4, -0.2) is 0 Å². The van der Waals surface area contributed by atoms with Crippen LogP contribution in [0.3, 0.4) is 0 Å². The fourth-order valence-electron chi connectivity index (χ4n) is 4.34. The quantitative estimate of drug-likeness (QED) is 0.258. The molecule has 6 aromatic rings. The highest BCUT2D eigenvalue weighted by atomic mass is 32.1. The largest absolute Gasteiger partial charge is 0.230 e. The van der Waals surface area contributed by atoms with Gasteiger partial charge in [0, 0.05) is 41.7 Å². The van der Waals surface area contributed by atoms with E-state index in [-0.39, 0.29) is 0 Å². The van der Waals surface area contributed by atoms with Crippen LogP contribution in [0.4, 0.5) is 0 Å². The summed E-state index contributed by atoms with van der Waals surface area (Å²) < 4.78 is 7.75. The van der Waals surface area contributed by atoms with E-state index in [0.29, 0.717) is 0 Å². The summed E-state index contributed by atoms with van der Waals surface area (Å²) in [6.45, 7) is 2.20. The Morgan fingerprint density at radius 1 is 0.679 bits per heavy atom. The number of hydrogen-bond acceptors (Lipinski definition) is 2. The minimum atomic E-state index is 1.31. The predicted molar refractivity (Wildman–Crippen MR) is 124 cm³/mol. The zero-order chi connectivity index (χ0) is 18.8. The maximum Gasteiger partial charge on any atom is 0.230 e. The molecule has 3 aromatic carbocycles. The second kappa shape index (κ2) is 5.87. The van der Waals surface area contributed by atoms with Crippen LogP contribution in [-0.2, 0) is 7.05 Å². The van der Waals surface area contributed by atoms with Gasteiger partial charge in [-0.15, -0.1) is 22.7 Å². The van der Waals surface area contributed by atoms with Crippen molar-refractivity contribution in [3.05, 3.63) is 78.5 Å². The van der Waals surface area contributed by atoms with Crippen LogP contribution in [0.5, 0.6) is 0 Å². The summed E-state index contributed by atoms with van der Waals surface area (Å²) in [7, 11) is 2.15. The lowest BCUT2D eigenvalue weighted by atomic mass is 10.0. The Bertz CT molecular complexity index is 1530. The van der Waals surface area contributed by atoms with Crippen molar-refractivity contribution in [1.82, 2.24) is 0 Å². The van der Waals surface area contributed by atoms with Crippen molar-refractivity contribution < 1.29 is 4.57 Å². The highest BCUT2D eigenvalue weighted by molar-refractivity contribution is 7.28. The van der Waals surface area contributed by atoms with Gasteiger partial charge in [0.1, 0.15) is 11.7 Å². The number of aromatic nitrogens is 1. The lowest BCUT2D eigenvalue weighted by Crippen LogP contribution is -2.30. The molecular formula is C25H18NS2+. The average Bonchev–Trinajstić information content (AvgIpc) is 3.26. The molecule has 1 nitrogen and oxygen atoms in total. The van der Waals surface area contributed by atoms with Gasteiger partial charge in [0.25, 0.3) is 0 Å². The van der Waals surface area contributed by atoms with Gasteiger partial charge in [-0.1, -0.05) is 36.4 Å². The van der Waals surface area contributed by atoms with Crippen LogP contribution in [0.25, 0.3) is 51.6 Å². The average molecular weight is 397 g/mol. The van der Waals surface area contributed by atoms with Crippen LogP contribution in [0.15, 0.2) is 72.9 Å². The summed E-state index contributed by atoms with van der Waals surface area (Å²) in [5, 5.41) is 5.56. The summed E-state index contributed by atoms with van der Waals surface area (Å²) in [4.78, 5) is 0. The third-order valence-electron chi connectivity index (χ3n) is 5.66. The van der Waals surface area contributed by atoms with Gasteiger partial charge in [-0.05, 0) is 36.8 Å². The van der Waals surface area contributed by atoms with Gasteiger partial charge in [-0.25, -0.2) is 0 Å². The second-order valence-corrected chi connectivity index (χ2v) is 9.48. The van der Waals surface area contributed by atoms with E-state index in [9.17, 15) is 0 Å². The third-order valence-corrected chi connectivity index (χ3v) is 7.98. The summed E-state index contributed by atoms with van der Waals surface area (Å²) in [6.07, 6.45) is 2.21. The molecule has 3 aromatic heterocycles. The van der Waals surface area contributed by atoms with Crippen LogP contribution < -0.4 is 4.57 Å². The molecule has 0 radical (unpaired) electrons. The minimum absolute atomic E-state index is 1.31. The van der Waals surface area contributed by atoms with Gasteiger partial charge in [0.2, 0.25) is 5.69 Å². The minimum Gasteiger partial charge on any atom is -0.200 e. The lowest BCUT2D eigenvalue weighted by molar-refractivity contribution is -0.659. The molecule has 6 rings (SSSR count). The Labute approximate surface area is 171 Å². The van der Waals surface area contributed by atoms with Crippen molar-refractivity contribution in [2.45, 2.75) is 6.92 Å². The van der Waals surface area contributed by atoms with E-state index in [1.54, 1.807) is 0 Å². The van der Waals surface area contributed by atoms with Crippen molar-refractivity contribution in [1.29, 1.82) is 0 Å². The second-order valence-electron chi connectivity index (χ2n) is 7.35. The monoisotopic (exact) mass is 396 g/mol. The molecule has 0 N–H and O–H groups in total. The van der Waals surface area contributed by atoms with Crippen molar-refractivity contribution in [3.63, 3.8) is 0 Å². The molecule has 0 aliphatic carbocycles. The highest BCUT2D eigenvalue weighted by Gasteiger charge is 2.22. The summed E-state index contributed by atoms with van der Waals surface area (Å²) >= 11 is 3.81. The molecule has 0 aliphatic rings. The maximum atomic E-state index is 2.30. The molecular weight excluding hydrogens is 378 g/mol. The molecule has 3 heteroatoms. The van der Waals surface area contributed by atoms with Crippen molar-refractivity contribution in [2.24, 2.45) is 7.05 Å². The van der Waals surface area contributed by atoms with Crippen LogP contribution in [0.1, 0.15) is 5.56 Å². The van der Waals surface area contributed by atoms with E-state index in [2.05, 4.69) is 91.5 Å². The number of thiophene rings is 2. The molecule has 134 valence electrons. The number of fused-ring (bicyclic) bond motifs is 7. The molecule has 0 aliphatic heterocycles. The summed E-state index contributed by atoms with van der Waals surface area (Å²) in [5.74, 6) is 0. The first-order valence-corrected chi connectivity index (χ1v) is 11.1. The van der Waals surface area contributed by atoms with E-state index in [4.69, 9.17) is 0 Å². The molecule has 0 fully saturated rings. The van der Waals surface area contributed by atoms with E-state index in [1.807, 2.05) is 22.7 Å². The van der Waals surface area contributed by atoms with E-state index < -0.39 is 0 Å². The van der Waals surface area contributed by atoms with Crippen LogP contribution >= 0.6 is 22.7 Å². The van der Waals surface area contributed by atoms with Gasteiger partial charge < -0.3 is 0 Å². The molecule has 0 spiro atoms. The fraction of sp³-hybridized carbons (Fsp3) is 0.0800. The smallest absolute Gasteiger partial charge is 0.200 e. The van der Waals surface area contributed by atoms with Gasteiger partial charge in [0.15, 0.2) is 6.20 Å². The topological polar surface area (TPSA) is 3.88 Å². The molecule has 0 atom stereocenters.